The van der Waals surface area contributed by atoms with Crippen LogP contribution in [0.25, 0.3) is 0 Å². The Labute approximate surface area is 139 Å². The molecule has 0 saturated heterocycles. The highest BCUT2D eigenvalue weighted by Crippen LogP contribution is 2.40. The van der Waals surface area contributed by atoms with E-state index in [0.29, 0.717) is 11.4 Å². The van der Waals surface area contributed by atoms with E-state index >= 15 is 0 Å². The zero-order valence-electron chi connectivity index (χ0n) is 13.1. The van der Waals surface area contributed by atoms with Crippen LogP contribution in [-0.2, 0) is 17.9 Å². The molecule has 0 radical (unpaired) electrons. The number of amides is 1. The van der Waals surface area contributed by atoms with Crippen molar-refractivity contribution < 1.29 is 19.4 Å². The fourth-order valence-corrected chi connectivity index (χ4v) is 2.40. The number of nitrogens with zero attached hydrogens (tertiary/aromatic N) is 1. The van der Waals surface area contributed by atoms with Gasteiger partial charge in [0, 0.05) is 5.92 Å². The van der Waals surface area contributed by atoms with Crippen molar-refractivity contribution in [1.82, 2.24) is 10.3 Å². The summed E-state index contributed by atoms with van der Waals surface area (Å²) in [4.78, 5) is 27.4. The topological polar surface area (TPSA) is 88.5 Å². The summed E-state index contributed by atoms with van der Waals surface area (Å²) in [6.45, 7) is 0.401. The molecule has 2 N–H and O–H groups in total. The first-order chi connectivity index (χ1) is 11.6. The maximum absolute atomic E-state index is 11.7. The van der Waals surface area contributed by atoms with Gasteiger partial charge in [0.1, 0.15) is 6.61 Å². The van der Waals surface area contributed by atoms with E-state index in [0.717, 1.165) is 18.4 Å². The number of carbonyl (C=O) groups is 2. The van der Waals surface area contributed by atoms with E-state index in [2.05, 4.69) is 10.3 Å². The first-order valence-electron chi connectivity index (χ1n) is 7.81. The zero-order chi connectivity index (χ0) is 16.9. The second kappa shape index (κ2) is 7.12. The van der Waals surface area contributed by atoms with Gasteiger partial charge in [-0.1, -0.05) is 30.3 Å². The highest BCUT2D eigenvalue weighted by atomic mass is 16.5. The standard InChI is InChI=1S/C18H18N2O4/c21-17(22)15-9-8-14(20-16(15)13-6-7-13)10-19-18(23)24-11-12-4-2-1-3-5-12/h1-5,8-9,13H,6-7,10-11H2,(H,19,23)(H,21,22). The van der Waals surface area contributed by atoms with Gasteiger partial charge in [0.05, 0.1) is 23.5 Å². The summed E-state index contributed by atoms with van der Waals surface area (Å²) in [6.07, 6.45) is 1.39. The van der Waals surface area contributed by atoms with E-state index in [1.54, 1.807) is 12.1 Å². The molecule has 6 nitrogen and oxygen atoms in total. The molecular formula is C18H18N2O4. The van der Waals surface area contributed by atoms with Gasteiger partial charge in [0.15, 0.2) is 0 Å². The molecular weight excluding hydrogens is 308 g/mol. The number of alkyl carbamates (subject to hydrolysis) is 1. The van der Waals surface area contributed by atoms with Gasteiger partial charge < -0.3 is 15.2 Å². The minimum Gasteiger partial charge on any atom is -0.478 e. The number of aromatic nitrogens is 1. The summed E-state index contributed by atoms with van der Waals surface area (Å²) < 4.78 is 5.13. The third-order valence-corrected chi connectivity index (χ3v) is 3.80. The SMILES string of the molecule is O=C(NCc1ccc(C(=O)O)c(C2CC2)n1)OCc1ccccc1. The van der Waals surface area contributed by atoms with E-state index in [4.69, 9.17) is 4.74 Å². The molecule has 2 aromatic rings. The van der Waals surface area contributed by atoms with Crippen molar-refractivity contribution in [2.75, 3.05) is 0 Å². The van der Waals surface area contributed by atoms with Crippen LogP contribution in [0, 0.1) is 0 Å². The molecule has 1 heterocycles. The van der Waals surface area contributed by atoms with Gasteiger partial charge in [0.2, 0.25) is 0 Å². The fourth-order valence-electron chi connectivity index (χ4n) is 2.40. The van der Waals surface area contributed by atoms with Crippen molar-refractivity contribution >= 4 is 12.1 Å². The summed E-state index contributed by atoms with van der Waals surface area (Å²) in [5.74, 6) is -0.743. The summed E-state index contributed by atoms with van der Waals surface area (Å²) in [5, 5.41) is 11.8. The van der Waals surface area contributed by atoms with Gasteiger partial charge in [-0.25, -0.2) is 9.59 Å². The third kappa shape index (κ3) is 4.10. The molecule has 1 aromatic carbocycles. The highest BCUT2D eigenvalue weighted by Gasteiger charge is 2.29. The number of carboxylic acids is 1. The van der Waals surface area contributed by atoms with Gasteiger partial charge >= 0.3 is 12.1 Å². The molecule has 3 rings (SSSR count). The lowest BCUT2D eigenvalue weighted by Crippen LogP contribution is -2.24. The second-order valence-corrected chi connectivity index (χ2v) is 5.73. The monoisotopic (exact) mass is 326 g/mol. The maximum Gasteiger partial charge on any atom is 0.407 e. The van der Waals surface area contributed by atoms with Gasteiger partial charge in [0.25, 0.3) is 0 Å². The number of aromatic carboxylic acids is 1. The highest BCUT2D eigenvalue weighted by molar-refractivity contribution is 5.89. The normalized spacial score (nSPS) is 13.3. The average Bonchev–Trinajstić information content (AvgIpc) is 3.43. The first-order valence-corrected chi connectivity index (χ1v) is 7.81. The number of carbonyl (C=O) groups excluding carboxylic acids is 1. The van der Waals surface area contributed by atoms with Crippen LogP contribution in [0.5, 0.6) is 0 Å². The third-order valence-electron chi connectivity index (χ3n) is 3.80. The van der Waals surface area contributed by atoms with E-state index in [-0.39, 0.29) is 24.6 Å². The summed E-state index contributed by atoms with van der Waals surface area (Å²) in [5.41, 5.74) is 2.39. The molecule has 1 fully saturated rings. The molecule has 1 aromatic heterocycles. The van der Waals surface area contributed by atoms with Crippen LogP contribution in [0.2, 0.25) is 0 Å². The van der Waals surface area contributed by atoms with Crippen molar-refractivity contribution in [3.05, 3.63) is 65.0 Å². The fraction of sp³-hybridized carbons (Fsp3) is 0.278. The number of rotatable bonds is 6. The quantitative estimate of drug-likeness (QED) is 0.851. The second-order valence-electron chi connectivity index (χ2n) is 5.73. The van der Waals surface area contributed by atoms with Crippen LogP contribution in [0.3, 0.4) is 0 Å². The number of hydrogen-bond acceptors (Lipinski definition) is 4. The molecule has 1 aliphatic carbocycles. The molecule has 0 aliphatic heterocycles. The summed E-state index contributed by atoms with van der Waals surface area (Å²) >= 11 is 0. The van der Waals surface area contributed by atoms with E-state index in [9.17, 15) is 14.7 Å². The average molecular weight is 326 g/mol. The van der Waals surface area contributed by atoms with Crippen LogP contribution < -0.4 is 5.32 Å². The first kappa shape index (κ1) is 16.0. The van der Waals surface area contributed by atoms with Gasteiger partial charge in [-0.2, -0.15) is 0 Å². The Morgan fingerprint density at radius 2 is 1.92 bits per heavy atom. The Morgan fingerprint density at radius 1 is 1.17 bits per heavy atom. The number of pyridine rings is 1. The Bertz CT molecular complexity index is 742. The summed E-state index contributed by atoms with van der Waals surface area (Å²) in [6, 6.07) is 12.6. The number of nitrogens with one attached hydrogen (secondary N) is 1. The molecule has 124 valence electrons. The van der Waals surface area contributed by atoms with Crippen LogP contribution in [0.4, 0.5) is 4.79 Å². The van der Waals surface area contributed by atoms with E-state index < -0.39 is 12.1 Å². The van der Waals surface area contributed by atoms with Gasteiger partial charge in [-0.15, -0.1) is 0 Å². The van der Waals surface area contributed by atoms with Crippen LogP contribution in [0.1, 0.15) is 46.1 Å². The number of ether oxygens (including phenoxy) is 1. The number of hydrogen-bond donors (Lipinski definition) is 2. The van der Waals surface area contributed by atoms with E-state index in [1.807, 2.05) is 30.3 Å². The molecule has 0 unspecified atom stereocenters. The molecule has 0 bridgehead atoms. The molecule has 1 amide bonds. The molecule has 1 aliphatic rings. The van der Waals surface area contributed by atoms with Crippen molar-refractivity contribution in [2.45, 2.75) is 31.9 Å². The van der Waals surface area contributed by atoms with Crippen molar-refractivity contribution in [1.29, 1.82) is 0 Å². The molecule has 0 atom stereocenters. The largest absolute Gasteiger partial charge is 0.478 e. The maximum atomic E-state index is 11.7. The Kier molecular flexibility index (Phi) is 4.74. The minimum atomic E-state index is -0.966. The van der Waals surface area contributed by atoms with Crippen LogP contribution >= 0.6 is 0 Å². The molecule has 24 heavy (non-hydrogen) atoms. The number of benzene rings is 1. The van der Waals surface area contributed by atoms with E-state index in [1.165, 1.54) is 0 Å². The molecule has 0 spiro atoms. The Balaban J connectivity index is 1.55. The predicted octanol–water partition coefficient (Wildman–Crippen LogP) is 3.08. The number of carboxylic acid groups (broad SMARTS) is 1. The van der Waals surface area contributed by atoms with Crippen molar-refractivity contribution in [2.24, 2.45) is 0 Å². The van der Waals surface area contributed by atoms with Gasteiger partial charge in [-0.05, 0) is 30.5 Å². The molecule has 1 saturated carbocycles. The summed E-state index contributed by atoms with van der Waals surface area (Å²) in [7, 11) is 0. The molecule has 6 heteroatoms. The predicted molar refractivity (Wildman–Crippen MR) is 86.6 cm³/mol. The zero-order valence-corrected chi connectivity index (χ0v) is 13.1. The Morgan fingerprint density at radius 3 is 2.58 bits per heavy atom. The lowest BCUT2D eigenvalue weighted by molar-refractivity contribution is 0.0695. The van der Waals surface area contributed by atoms with Crippen LogP contribution in [-0.4, -0.2) is 22.2 Å². The van der Waals surface area contributed by atoms with Crippen LogP contribution in [0.15, 0.2) is 42.5 Å². The van der Waals surface area contributed by atoms with Gasteiger partial charge in [-0.3, -0.25) is 4.98 Å². The minimum absolute atomic E-state index is 0.200. The lowest BCUT2D eigenvalue weighted by atomic mass is 10.1. The lowest BCUT2D eigenvalue weighted by Gasteiger charge is -2.09. The van der Waals surface area contributed by atoms with Crippen molar-refractivity contribution in [3.8, 4) is 0 Å². The Hall–Kier alpha value is -2.89. The van der Waals surface area contributed by atoms with Crippen molar-refractivity contribution in [3.63, 3.8) is 0 Å². The smallest absolute Gasteiger partial charge is 0.407 e.